The fraction of sp³-hybridized carbons (Fsp3) is 0.346. The second-order valence-corrected chi connectivity index (χ2v) is 8.50. The number of carbonyl (C=O) groups is 3. The average molecular weight is 449 g/mol. The molecule has 33 heavy (non-hydrogen) atoms. The van der Waals surface area contributed by atoms with Gasteiger partial charge in [0.2, 0.25) is 0 Å². The van der Waals surface area contributed by atoms with Gasteiger partial charge in [-0.05, 0) is 49.8 Å². The van der Waals surface area contributed by atoms with Gasteiger partial charge in [-0.25, -0.2) is 0 Å². The summed E-state index contributed by atoms with van der Waals surface area (Å²) in [5.74, 6) is -2.48. The SMILES string of the molecule is NC(=O)COc1ccccc1C1C(C(=O)O)c2ccccc2C(=O)N1CCC1=CCCCC1. The summed E-state index contributed by atoms with van der Waals surface area (Å²) in [6, 6.07) is 13.1. The van der Waals surface area contributed by atoms with Gasteiger partial charge in [0.15, 0.2) is 6.61 Å². The van der Waals surface area contributed by atoms with E-state index >= 15 is 0 Å². The van der Waals surface area contributed by atoms with Crippen LogP contribution >= 0.6 is 0 Å². The lowest BCUT2D eigenvalue weighted by molar-refractivity contribution is -0.140. The minimum Gasteiger partial charge on any atom is -0.483 e. The third kappa shape index (κ3) is 4.77. The quantitative estimate of drug-likeness (QED) is 0.597. The number of primary amides is 1. The van der Waals surface area contributed by atoms with Crippen LogP contribution in [0.2, 0.25) is 0 Å². The van der Waals surface area contributed by atoms with Crippen LogP contribution < -0.4 is 10.5 Å². The van der Waals surface area contributed by atoms with E-state index in [4.69, 9.17) is 10.5 Å². The van der Waals surface area contributed by atoms with Gasteiger partial charge < -0.3 is 20.5 Å². The van der Waals surface area contributed by atoms with Crippen LogP contribution in [-0.2, 0) is 9.59 Å². The second-order valence-electron chi connectivity index (χ2n) is 8.50. The number of ether oxygens (including phenoxy) is 1. The molecule has 0 fully saturated rings. The molecule has 2 aliphatic rings. The zero-order valence-corrected chi connectivity index (χ0v) is 18.4. The molecular formula is C26H28N2O5. The van der Waals surface area contributed by atoms with E-state index in [2.05, 4.69) is 6.08 Å². The minimum absolute atomic E-state index is 0.200. The number of aliphatic carboxylic acids is 1. The molecule has 2 aromatic rings. The normalized spacial score (nSPS) is 20.1. The monoisotopic (exact) mass is 448 g/mol. The maximum atomic E-state index is 13.6. The summed E-state index contributed by atoms with van der Waals surface area (Å²) in [7, 11) is 0. The lowest BCUT2D eigenvalue weighted by atomic mass is 9.79. The number of carboxylic acids is 1. The van der Waals surface area contributed by atoms with Gasteiger partial charge in [-0.3, -0.25) is 14.4 Å². The van der Waals surface area contributed by atoms with Crippen LogP contribution in [0, 0.1) is 0 Å². The number of nitrogens with zero attached hydrogens (tertiary/aromatic N) is 1. The number of allylic oxidation sites excluding steroid dienone is 1. The van der Waals surface area contributed by atoms with Crippen molar-refractivity contribution in [3.05, 3.63) is 76.9 Å². The zero-order valence-electron chi connectivity index (χ0n) is 18.4. The zero-order chi connectivity index (χ0) is 23.4. The molecule has 1 aliphatic carbocycles. The molecule has 2 atom stereocenters. The Morgan fingerprint density at radius 3 is 2.48 bits per heavy atom. The highest BCUT2D eigenvalue weighted by molar-refractivity contribution is 6.00. The van der Waals surface area contributed by atoms with Crippen molar-refractivity contribution in [2.45, 2.75) is 44.1 Å². The van der Waals surface area contributed by atoms with Gasteiger partial charge in [0.05, 0.1) is 6.04 Å². The molecule has 0 spiro atoms. The van der Waals surface area contributed by atoms with Crippen LogP contribution in [-0.4, -0.2) is 40.9 Å². The molecule has 0 radical (unpaired) electrons. The molecule has 0 aromatic heterocycles. The number of fused-ring (bicyclic) bond motifs is 1. The molecule has 3 N–H and O–H groups in total. The number of hydrogen-bond donors (Lipinski definition) is 2. The third-order valence-corrected chi connectivity index (χ3v) is 6.37. The number of carboxylic acid groups (broad SMARTS) is 1. The topological polar surface area (TPSA) is 110 Å². The Morgan fingerprint density at radius 1 is 1.06 bits per heavy atom. The van der Waals surface area contributed by atoms with Crippen LogP contribution in [0.15, 0.2) is 60.2 Å². The standard InChI is InChI=1S/C26H28N2O5/c27-22(29)16-33-21-13-7-6-12-20(21)24-23(26(31)32)18-10-4-5-11-19(18)25(30)28(24)15-14-17-8-2-1-3-9-17/h4-8,10-13,23-24H,1-3,9,14-16H2,(H2,27,29)(H,31,32). The van der Waals surface area contributed by atoms with Crippen molar-refractivity contribution in [3.8, 4) is 5.75 Å². The summed E-state index contributed by atoms with van der Waals surface area (Å²) < 4.78 is 5.63. The molecule has 0 bridgehead atoms. The Kier molecular flexibility index (Phi) is 6.77. The molecule has 0 saturated heterocycles. The third-order valence-electron chi connectivity index (χ3n) is 6.37. The Hall–Kier alpha value is -3.61. The number of para-hydroxylation sites is 1. The Labute approximate surface area is 192 Å². The van der Waals surface area contributed by atoms with E-state index in [0.29, 0.717) is 35.4 Å². The first-order chi connectivity index (χ1) is 16.0. The summed E-state index contributed by atoms with van der Waals surface area (Å²) >= 11 is 0. The Balaban J connectivity index is 1.79. The Morgan fingerprint density at radius 2 is 1.79 bits per heavy atom. The Bertz CT molecular complexity index is 1090. The van der Waals surface area contributed by atoms with Crippen LogP contribution in [0.5, 0.6) is 5.75 Å². The van der Waals surface area contributed by atoms with Gasteiger partial charge in [-0.1, -0.05) is 48.0 Å². The lowest BCUT2D eigenvalue weighted by Crippen LogP contribution is -2.45. The molecule has 172 valence electrons. The summed E-state index contributed by atoms with van der Waals surface area (Å²) in [4.78, 5) is 39.2. The average Bonchev–Trinajstić information content (AvgIpc) is 2.82. The number of hydrogen-bond acceptors (Lipinski definition) is 4. The van der Waals surface area contributed by atoms with E-state index in [0.717, 1.165) is 19.3 Å². The fourth-order valence-electron chi connectivity index (χ4n) is 4.85. The number of nitrogens with two attached hydrogens (primary N) is 1. The number of rotatable bonds is 8. The van der Waals surface area contributed by atoms with Crippen molar-refractivity contribution in [1.82, 2.24) is 4.90 Å². The van der Waals surface area contributed by atoms with Crippen molar-refractivity contribution in [2.24, 2.45) is 5.73 Å². The maximum absolute atomic E-state index is 13.6. The predicted octanol–water partition coefficient (Wildman–Crippen LogP) is 3.81. The van der Waals surface area contributed by atoms with Crippen molar-refractivity contribution in [1.29, 1.82) is 0 Å². The van der Waals surface area contributed by atoms with Crippen molar-refractivity contribution in [2.75, 3.05) is 13.2 Å². The molecule has 2 aromatic carbocycles. The summed E-state index contributed by atoms with van der Waals surface area (Å²) in [6.45, 7) is 0.0660. The van der Waals surface area contributed by atoms with E-state index in [-0.39, 0.29) is 12.5 Å². The summed E-state index contributed by atoms with van der Waals surface area (Å²) in [6.07, 6.45) is 7.28. The van der Waals surface area contributed by atoms with Gasteiger partial charge >= 0.3 is 5.97 Å². The molecule has 4 rings (SSSR count). The molecule has 1 heterocycles. The van der Waals surface area contributed by atoms with E-state index in [1.807, 2.05) is 0 Å². The summed E-state index contributed by atoms with van der Waals surface area (Å²) in [5.41, 5.74) is 8.00. The molecule has 1 aliphatic heterocycles. The van der Waals surface area contributed by atoms with Crippen LogP contribution in [0.4, 0.5) is 0 Å². The molecule has 2 unspecified atom stereocenters. The first-order valence-corrected chi connectivity index (χ1v) is 11.3. The summed E-state index contributed by atoms with van der Waals surface area (Å²) in [5, 5.41) is 10.3. The molecular weight excluding hydrogens is 420 g/mol. The minimum atomic E-state index is -1.02. The highest BCUT2D eigenvalue weighted by atomic mass is 16.5. The highest BCUT2D eigenvalue weighted by Gasteiger charge is 2.45. The smallest absolute Gasteiger partial charge is 0.313 e. The highest BCUT2D eigenvalue weighted by Crippen LogP contribution is 2.45. The van der Waals surface area contributed by atoms with Crippen molar-refractivity contribution < 1.29 is 24.2 Å². The molecule has 7 heteroatoms. The predicted molar refractivity (Wildman–Crippen MR) is 123 cm³/mol. The van der Waals surface area contributed by atoms with Crippen LogP contribution in [0.1, 0.15) is 65.5 Å². The van der Waals surface area contributed by atoms with Gasteiger partial charge in [-0.2, -0.15) is 0 Å². The lowest BCUT2D eigenvalue weighted by Gasteiger charge is -2.41. The van der Waals surface area contributed by atoms with Gasteiger partial charge in [0.1, 0.15) is 11.7 Å². The van der Waals surface area contributed by atoms with Gasteiger partial charge in [-0.15, -0.1) is 0 Å². The van der Waals surface area contributed by atoms with E-state index in [9.17, 15) is 19.5 Å². The van der Waals surface area contributed by atoms with Gasteiger partial charge in [0.25, 0.3) is 11.8 Å². The molecule has 7 nitrogen and oxygen atoms in total. The van der Waals surface area contributed by atoms with E-state index in [1.165, 1.54) is 12.0 Å². The number of carbonyl (C=O) groups excluding carboxylic acids is 2. The van der Waals surface area contributed by atoms with E-state index in [1.54, 1.807) is 53.4 Å². The van der Waals surface area contributed by atoms with Crippen LogP contribution in [0.25, 0.3) is 0 Å². The maximum Gasteiger partial charge on any atom is 0.313 e. The van der Waals surface area contributed by atoms with Gasteiger partial charge in [0, 0.05) is 17.7 Å². The fourth-order valence-corrected chi connectivity index (χ4v) is 4.85. The number of amides is 2. The van der Waals surface area contributed by atoms with Crippen molar-refractivity contribution >= 4 is 17.8 Å². The van der Waals surface area contributed by atoms with Crippen molar-refractivity contribution in [3.63, 3.8) is 0 Å². The molecule has 2 amide bonds. The first kappa shape index (κ1) is 22.6. The first-order valence-electron chi connectivity index (χ1n) is 11.3. The second kappa shape index (κ2) is 9.90. The van der Waals surface area contributed by atoms with Crippen LogP contribution in [0.3, 0.4) is 0 Å². The number of benzene rings is 2. The van der Waals surface area contributed by atoms with E-state index < -0.39 is 23.8 Å². The largest absolute Gasteiger partial charge is 0.483 e. The molecule has 0 saturated carbocycles.